The minimum absolute atomic E-state index is 0.413. The molecule has 0 aromatic heterocycles. The number of carbonyl (C=O) groups is 1. The minimum atomic E-state index is -0.670. The Kier molecular flexibility index (Phi) is 3.48. The van der Waals surface area contributed by atoms with Crippen LogP contribution in [0.25, 0.3) is 10.8 Å². The van der Waals surface area contributed by atoms with Gasteiger partial charge in [-0.2, -0.15) is 0 Å². The number of hydrogen-bond acceptors (Lipinski definition) is 3. The minimum Gasteiger partial charge on any atom is -0.496 e. The van der Waals surface area contributed by atoms with Crippen LogP contribution >= 0.6 is 0 Å². The van der Waals surface area contributed by atoms with Crippen molar-refractivity contribution < 1.29 is 9.53 Å². The summed E-state index contributed by atoms with van der Waals surface area (Å²) in [5.74, 6) is 0.280. The molecule has 0 saturated heterocycles. The second-order valence-corrected chi connectivity index (χ2v) is 4.23. The van der Waals surface area contributed by atoms with E-state index in [2.05, 4.69) is 0 Å². The van der Waals surface area contributed by atoms with Crippen molar-refractivity contribution in [3.05, 3.63) is 42.0 Å². The van der Waals surface area contributed by atoms with Crippen molar-refractivity contribution in [2.45, 2.75) is 12.5 Å². The van der Waals surface area contributed by atoms with Crippen LogP contribution in [0.3, 0.4) is 0 Å². The van der Waals surface area contributed by atoms with Gasteiger partial charge in [-0.05, 0) is 23.4 Å². The van der Waals surface area contributed by atoms with Crippen LogP contribution in [0.15, 0.2) is 36.4 Å². The fourth-order valence-corrected chi connectivity index (χ4v) is 1.98. The average Bonchev–Trinajstić information content (AvgIpc) is 2.37. The quantitative estimate of drug-likeness (QED) is 0.848. The van der Waals surface area contributed by atoms with Crippen molar-refractivity contribution in [2.24, 2.45) is 11.5 Å². The normalized spacial score (nSPS) is 12.3. The Balaban J connectivity index is 2.44. The lowest BCUT2D eigenvalue weighted by Crippen LogP contribution is -2.38. The lowest BCUT2D eigenvalue weighted by Gasteiger charge is -2.11. The molecule has 0 fully saturated rings. The summed E-state index contributed by atoms with van der Waals surface area (Å²) >= 11 is 0. The van der Waals surface area contributed by atoms with E-state index >= 15 is 0 Å². The molecule has 94 valence electrons. The molecule has 4 N–H and O–H groups in total. The Bertz CT molecular complexity index is 581. The molecule has 4 nitrogen and oxygen atoms in total. The Hall–Kier alpha value is -2.07. The van der Waals surface area contributed by atoms with Crippen molar-refractivity contribution in [3.8, 4) is 5.75 Å². The van der Waals surface area contributed by atoms with Gasteiger partial charge in [0.15, 0.2) is 0 Å². The zero-order chi connectivity index (χ0) is 13.1. The Morgan fingerprint density at radius 3 is 2.72 bits per heavy atom. The molecular formula is C14H16N2O2. The molecule has 1 amide bonds. The third-order valence-electron chi connectivity index (χ3n) is 2.92. The summed E-state index contributed by atoms with van der Waals surface area (Å²) in [4.78, 5) is 11.0. The van der Waals surface area contributed by atoms with Gasteiger partial charge in [-0.1, -0.05) is 30.3 Å². The zero-order valence-corrected chi connectivity index (χ0v) is 10.2. The van der Waals surface area contributed by atoms with E-state index in [-0.39, 0.29) is 0 Å². The molecule has 2 rings (SSSR count). The molecule has 18 heavy (non-hydrogen) atoms. The number of methoxy groups -OCH3 is 1. The molecule has 0 spiro atoms. The maximum Gasteiger partial charge on any atom is 0.234 e. The largest absolute Gasteiger partial charge is 0.496 e. The first-order chi connectivity index (χ1) is 8.61. The van der Waals surface area contributed by atoms with Gasteiger partial charge in [0.1, 0.15) is 5.75 Å². The number of rotatable bonds is 4. The van der Waals surface area contributed by atoms with Crippen molar-refractivity contribution >= 4 is 16.7 Å². The fraction of sp³-hybridized carbons (Fsp3) is 0.214. The maximum absolute atomic E-state index is 11.0. The third-order valence-corrected chi connectivity index (χ3v) is 2.92. The van der Waals surface area contributed by atoms with Crippen molar-refractivity contribution in [3.63, 3.8) is 0 Å². The SMILES string of the molecule is COc1cc(CC(N)C(N)=O)cc2ccccc12. The van der Waals surface area contributed by atoms with E-state index in [0.717, 1.165) is 22.1 Å². The van der Waals surface area contributed by atoms with Crippen LogP contribution in [0.5, 0.6) is 5.75 Å². The van der Waals surface area contributed by atoms with Gasteiger partial charge in [-0.3, -0.25) is 4.79 Å². The topological polar surface area (TPSA) is 78.3 Å². The molecular weight excluding hydrogens is 228 g/mol. The van der Waals surface area contributed by atoms with Gasteiger partial charge in [0, 0.05) is 5.39 Å². The third kappa shape index (κ3) is 2.43. The molecule has 0 aliphatic rings. The number of ether oxygens (including phenoxy) is 1. The Morgan fingerprint density at radius 2 is 2.06 bits per heavy atom. The monoisotopic (exact) mass is 244 g/mol. The molecule has 2 aromatic rings. The van der Waals surface area contributed by atoms with E-state index in [9.17, 15) is 4.79 Å². The standard InChI is InChI=1S/C14H16N2O2/c1-18-13-8-9(7-12(15)14(16)17)6-10-4-2-3-5-11(10)13/h2-6,8,12H,7,15H2,1H3,(H2,16,17). The first-order valence-electron chi connectivity index (χ1n) is 5.72. The lowest BCUT2D eigenvalue weighted by molar-refractivity contribution is -0.119. The highest BCUT2D eigenvalue weighted by Gasteiger charge is 2.12. The summed E-state index contributed by atoms with van der Waals surface area (Å²) in [5.41, 5.74) is 11.8. The van der Waals surface area contributed by atoms with Gasteiger partial charge < -0.3 is 16.2 Å². The van der Waals surface area contributed by atoms with E-state index in [0.29, 0.717) is 6.42 Å². The first kappa shape index (κ1) is 12.4. The zero-order valence-electron chi connectivity index (χ0n) is 10.2. The number of primary amides is 1. The molecule has 1 unspecified atom stereocenters. The summed E-state index contributed by atoms with van der Waals surface area (Å²) in [6.45, 7) is 0. The highest BCUT2D eigenvalue weighted by molar-refractivity contribution is 5.89. The second-order valence-electron chi connectivity index (χ2n) is 4.23. The van der Waals surface area contributed by atoms with Gasteiger partial charge in [-0.15, -0.1) is 0 Å². The number of nitrogens with two attached hydrogens (primary N) is 2. The number of fused-ring (bicyclic) bond motifs is 1. The van der Waals surface area contributed by atoms with Gasteiger partial charge in [-0.25, -0.2) is 0 Å². The van der Waals surface area contributed by atoms with E-state index in [1.165, 1.54) is 0 Å². The maximum atomic E-state index is 11.0. The fourth-order valence-electron chi connectivity index (χ4n) is 1.98. The van der Waals surface area contributed by atoms with E-state index in [1.54, 1.807) is 7.11 Å². The van der Waals surface area contributed by atoms with E-state index in [4.69, 9.17) is 16.2 Å². The lowest BCUT2D eigenvalue weighted by atomic mass is 10.0. The van der Waals surface area contributed by atoms with Crippen LogP contribution in [-0.4, -0.2) is 19.1 Å². The first-order valence-corrected chi connectivity index (χ1v) is 5.72. The Morgan fingerprint density at radius 1 is 1.33 bits per heavy atom. The summed E-state index contributed by atoms with van der Waals surface area (Å²) < 4.78 is 5.35. The van der Waals surface area contributed by atoms with E-state index < -0.39 is 11.9 Å². The Labute approximate surface area is 106 Å². The van der Waals surface area contributed by atoms with Crippen molar-refractivity contribution in [2.75, 3.05) is 7.11 Å². The summed E-state index contributed by atoms with van der Waals surface area (Å²) in [6, 6.07) is 11.1. The summed E-state index contributed by atoms with van der Waals surface area (Å²) in [6.07, 6.45) is 0.413. The molecule has 1 atom stereocenters. The van der Waals surface area contributed by atoms with Crippen LogP contribution in [0.1, 0.15) is 5.56 Å². The van der Waals surface area contributed by atoms with Crippen LogP contribution in [0, 0.1) is 0 Å². The number of amides is 1. The summed E-state index contributed by atoms with van der Waals surface area (Å²) in [5, 5.41) is 2.10. The van der Waals surface area contributed by atoms with Crippen molar-refractivity contribution in [1.82, 2.24) is 0 Å². The molecule has 0 aliphatic heterocycles. The van der Waals surface area contributed by atoms with Crippen LogP contribution in [0.2, 0.25) is 0 Å². The van der Waals surface area contributed by atoms with Gasteiger partial charge in [0.05, 0.1) is 13.2 Å². The average molecular weight is 244 g/mol. The van der Waals surface area contributed by atoms with Gasteiger partial charge >= 0.3 is 0 Å². The molecule has 4 heteroatoms. The second kappa shape index (κ2) is 5.06. The molecule has 0 bridgehead atoms. The van der Waals surface area contributed by atoms with Crippen molar-refractivity contribution in [1.29, 1.82) is 0 Å². The number of benzene rings is 2. The summed E-state index contributed by atoms with van der Waals surface area (Å²) in [7, 11) is 1.62. The van der Waals surface area contributed by atoms with Crippen LogP contribution in [0.4, 0.5) is 0 Å². The van der Waals surface area contributed by atoms with Gasteiger partial charge in [0.2, 0.25) is 5.91 Å². The van der Waals surface area contributed by atoms with E-state index in [1.807, 2.05) is 36.4 Å². The molecule has 0 radical (unpaired) electrons. The predicted octanol–water partition coefficient (Wildman–Crippen LogP) is 1.20. The van der Waals surface area contributed by atoms with Gasteiger partial charge in [0.25, 0.3) is 0 Å². The molecule has 0 aliphatic carbocycles. The molecule has 2 aromatic carbocycles. The number of hydrogen-bond donors (Lipinski definition) is 2. The smallest absolute Gasteiger partial charge is 0.234 e. The molecule has 0 saturated carbocycles. The highest BCUT2D eigenvalue weighted by atomic mass is 16.5. The van der Waals surface area contributed by atoms with Crippen LogP contribution in [-0.2, 0) is 11.2 Å². The van der Waals surface area contributed by atoms with Crippen LogP contribution < -0.4 is 16.2 Å². The predicted molar refractivity (Wildman–Crippen MR) is 71.4 cm³/mol. The molecule has 0 heterocycles. The number of carbonyl (C=O) groups excluding carboxylic acids is 1. The highest BCUT2D eigenvalue weighted by Crippen LogP contribution is 2.27.